The Kier molecular flexibility index (Phi) is 19.6. The molecule has 0 atom stereocenters. The van der Waals surface area contributed by atoms with Gasteiger partial charge in [-0.2, -0.15) is 0 Å². The van der Waals surface area contributed by atoms with E-state index in [1.165, 1.54) is 38.5 Å². The molecule has 0 aromatic rings. The second-order valence-corrected chi connectivity index (χ2v) is 13.8. The highest BCUT2D eigenvalue weighted by molar-refractivity contribution is 5.86. The van der Waals surface area contributed by atoms with Gasteiger partial charge in [0.05, 0.1) is 39.3 Å². The molecule has 0 heterocycles. The molecule has 2 rings (SSSR count). The van der Waals surface area contributed by atoms with E-state index in [2.05, 4.69) is 20.1 Å². The maximum Gasteiger partial charge on any atom is 0.333 e. The Bertz CT molecular complexity index is 940. The maximum atomic E-state index is 13.0. The van der Waals surface area contributed by atoms with Crippen molar-refractivity contribution in [3.63, 3.8) is 0 Å². The van der Waals surface area contributed by atoms with Gasteiger partial charge in [0.1, 0.15) is 0 Å². The van der Waals surface area contributed by atoms with Crippen LogP contribution in [0.2, 0.25) is 0 Å². The third kappa shape index (κ3) is 16.3. The summed E-state index contributed by atoms with van der Waals surface area (Å²) in [5, 5.41) is 0. The number of carbonyl (C=O) groups is 4. The predicted octanol–water partition coefficient (Wildman–Crippen LogP) is 8.61. The van der Waals surface area contributed by atoms with Gasteiger partial charge >= 0.3 is 23.9 Å². The summed E-state index contributed by atoms with van der Waals surface area (Å²) in [5.74, 6) is 1.13. The summed E-state index contributed by atoms with van der Waals surface area (Å²) in [6.07, 6.45) is 20.1. The molecule has 0 aliphatic heterocycles. The normalized spacial score (nSPS) is 22.8. The number of esters is 4. The molecule has 8 heteroatoms. The summed E-state index contributed by atoms with van der Waals surface area (Å²) in [5.41, 5.74) is 0.00473. The highest BCUT2D eigenvalue weighted by Gasteiger charge is 2.42. The monoisotopic (exact) mass is 646 g/mol. The average molecular weight is 647 g/mol. The van der Waals surface area contributed by atoms with Gasteiger partial charge in [0.15, 0.2) is 0 Å². The lowest BCUT2D eigenvalue weighted by Gasteiger charge is -2.43. The van der Waals surface area contributed by atoms with Crippen molar-refractivity contribution in [2.24, 2.45) is 23.2 Å². The zero-order valence-corrected chi connectivity index (χ0v) is 29.0. The number of hydrogen-bond donors (Lipinski definition) is 0. The van der Waals surface area contributed by atoms with Crippen molar-refractivity contribution in [2.75, 3.05) is 26.4 Å². The lowest BCUT2D eigenvalue weighted by molar-refractivity contribution is -0.152. The third-order valence-corrected chi connectivity index (χ3v) is 9.98. The minimum Gasteiger partial charge on any atom is -0.466 e. The van der Waals surface area contributed by atoms with E-state index in [0.29, 0.717) is 37.9 Å². The van der Waals surface area contributed by atoms with Crippen molar-refractivity contribution in [2.45, 2.75) is 142 Å². The predicted molar refractivity (Wildman–Crippen MR) is 180 cm³/mol. The van der Waals surface area contributed by atoms with E-state index in [9.17, 15) is 19.2 Å². The number of hydrogen-bond acceptors (Lipinski definition) is 8. The average Bonchev–Trinajstić information content (AvgIpc) is 3.04. The Balaban J connectivity index is 1.77. The highest BCUT2D eigenvalue weighted by atomic mass is 16.5. The Morgan fingerprint density at radius 3 is 1.59 bits per heavy atom. The molecule has 0 amide bonds. The molecule has 46 heavy (non-hydrogen) atoms. The second-order valence-electron chi connectivity index (χ2n) is 13.8. The quantitative estimate of drug-likeness (QED) is 0.0470. The smallest absolute Gasteiger partial charge is 0.333 e. The fraction of sp³-hybridized carbons (Fsp3) is 0.789. The van der Waals surface area contributed by atoms with E-state index in [0.717, 1.165) is 95.0 Å². The van der Waals surface area contributed by atoms with Crippen LogP contribution in [0, 0.1) is 23.2 Å². The van der Waals surface area contributed by atoms with Crippen LogP contribution in [0.15, 0.2) is 24.8 Å². The van der Waals surface area contributed by atoms with Crippen molar-refractivity contribution in [1.29, 1.82) is 0 Å². The highest BCUT2D eigenvalue weighted by Crippen LogP contribution is 2.49. The van der Waals surface area contributed by atoms with Gasteiger partial charge in [-0.05, 0) is 120 Å². The molecule has 0 bridgehead atoms. The number of unbranched alkanes of at least 4 members (excludes halogenated alkanes) is 6. The van der Waals surface area contributed by atoms with Crippen LogP contribution in [0.25, 0.3) is 0 Å². The molecule has 262 valence electrons. The second kappa shape index (κ2) is 22.8. The largest absolute Gasteiger partial charge is 0.466 e. The minimum atomic E-state index is -0.407. The SMILES string of the molecule is C=CC(=O)OCCCCCCOC(=O)CC1(CC(=O)OCCCCCCOC(=O)C(=C)C)CCC(C2CCC(CCC)CC2)CC1. The van der Waals surface area contributed by atoms with Crippen LogP contribution in [0.4, 0.5) is 0 Å². The van der Waals surface area contributed by atoms with E-state index in [1.54, 1.807) is 6.92 Å². The molecule has 2 fully saturated rings. The molecule has 8 nitrogen and oxygen atoms in total. The molecule has 2 aliphatic carbocycles. The van der Waals surface area contributed by atoms with Crippen LogP contribution < -0.4 is 0 Å². The maximum absolute atomic E-state index is 13.0. The first-order valence-electron chi connectivity index (χ1n) is 18.1. The van der Waals surface area contributed by atoms with E-state index in [-0.39, 0.29) is 30.7 Å². The van der Waals surface area contributed by atoms with Crippen molar-refractivity contribution in [3.8, 4) is 0 Å². The molecule has 2 aliphatic rings. The fourth-order valence-electron chi connectivity index (χ4n) is 7.22. The summed E-state index contributed by atoms with van der Waals surface area (Å²) in [6, 6.07) is 0. The van der Waals surface area contributed by atoms with Crippen molar-refractivity contribution >= 4 is 23.9 Å². The van der Waals surface area contributed by atoms with Gasteiger partial charge < -0.3 is 18.9 Å². The molecule has 0 aromatic heterocycles. The van der Waals surface area contributed by atoms with Gasteiger partial charge in [0.2, 0.25) is 0 Å². The van der Waals surface area contributed by atoms with Gasteiger partial charge in [-0.1, -0.05) is 45.8 Å². The number of rotatable bonds is 23. The third-order valence-electron chi connectivity index (χ3n) is 9.98. The van der Waals surface area contributed by atoms with E-state index in [4.69, 9.17) is 18.9 Å². The lowest BCUT2D eigenvalue weighted by Crippen LogP contribution is -2.36. The fourth-order valence-corrected chi connectivity index (χ4v) is 7.22. The summed E-state index contributed by atoms with van der Waals surface area (Å²) in [7, 11) is 0. The zero-order valence-electron chi connectivity index (χ0n) is 29.0. The van der Waals surface area contributed by atoms with E-state index < -0.39 is 11.4 Å². The molecule has 0 aromatic carbocycles. The summed E-state index contributed by atoms with van der Waals surface area (Å²) >= 11 is 0. The topological polar surface area (TPSA) is 105 Å². The molecule has 0 radical (unpaired) electrons. The molecule has 0 spiro atoms. The standard InChI is InChI=1S/C38H62O8/c1-5-15-31-16-18-32(19-17-31)33-20-22-38(23-21-33,28-35(40)44-25-12-8-7-11-24-43-34(39)6-2)29-36(41)45-26-13-9-10-14-27-46-37(42)30(3)4/h6,31-33H,2-3,5,7-29H2,1,4H3. The van der Waals surface area contributed by atoms with Crippen molar-refractivity contribution < 1.29 is 38.1 Å². The van der Waals surface area contributed by atoms with Gasteiger partial charge in [-0.3, -0.25) is 9.59 Å². The van der Waals surface area contributed by atoms with Crippen molar-refractivity contribution in [3.05, 3.63) is 24.8 Å². The van der Waals surface area contributed by atoms with Crippen LogP contribution in [-0.2, 0) is 38.1 Å². The summed E-state index contributed by atoms with van der Waals surface area (Å²) in [6.45, 7) is 12.3. The molecular formula is C38H62O8. The van der Waals surface area contributed by atoms with Crippen LogP contribution in [0.3, 0.4) is 0 Å². The molecular weight excluding hydrogens is 584 g/mol. The van der Waals surface area contributed by atoms with Crippen molar-refractivity contribution in [1.82, 2.24) is 0 Å². The number of ether oxygens (including phenoxy) is 4. The molecule has 0 saturated heterocycles. The first-order chi connectivity index (χ1) is 22.2. The Morgan fingerprint density at radius 2 is 1.13 bits per heavy atom. The Hall–Kier alpha value is -2.64. The van der Waals surface area contributed by atoms with Crippen LogP contribution in [0.5, 0.6) is 0 Å². The van der Waals surface area contributed by atoms with Crippen LogP contribution >= 0.6 is 0 Å². The van der Waals surface area contributed by atoms with Gasteiger partial charge in [0, 0.05) is 11.6 Å². The number of carbonyl (C=O) groups excluding carboxylic acids is 4. The van der Waals surface area contributed by atoms with Gasteiger partial charge in [-0.25, -0.2) is 9.59 Å². The first kappa shape index (κ1) is 39.5. The summed E-state index contributed by atoms with van der Waals surface area (Å²) < 4.78 is 21.4. The first-order valence-corrected chi connectivity index (χ1v) is 18.1. The lowest BCUT2D eigenvalue weighted by atomic mass is 9.62. The summed E-state index contributed by atoms with van der Waals surface area (Å²) in [4.78, 5) is 48.6. The molecule has 0 unspecified atom stereocenters. The van der Waals surface area contributed by atoms with E-state index >= 15 is 0 Å². The Labute approximate surface area is 278 Å². The molecule has 2 saturated carbocycles. The molecule has 0 N–H and O–H groups in total. The van der Waals surface area contributed by atoms with E-state index in [1.807, 2.05) is 0 Å². The van der Waals surface area contributed by atoms with Crippen LogP contribution in [-0.4, -0.2) is 50.3 Å². The zero-order chi connectivity index (χ0) is 33.6. The minimum absolute atomic E-state index is 0.223. The van der Waals surface area contributed by atoms with Crippen LogP contribution in [0.1, 0.15) is 142 Å². The Morgan fingerprint density at radius 1 is 0.674 bits per heavy atom. The van der Waals surface area contributed by atoms with Gasteiger partial charge in [-0.15, -0.1) is 0 Å². The van der Waals surface area contributed by atoms with Gasteiger partial charge in [0.25, 0.3) is 0 Å².